The van der Waals surface area contributed by atoms with E-state index in [9.17, 15) is 14.4 Å². The second kappa shape index (κ2) is 10.8. The first kappa shape index (κ1) is 22.7. The maximum Gasteiger partial charge on any atom is 0.411 e. The van der Waals surface area contributed by atoms with Gasteiger partial charge in [-0.3, -0.25) is 9.69 Å². The van der Waals surface area contributed by atoms with Crippen LogP contribution in [0.5, 0.6) is 0 Å². The maximum absolute atomic E-state index is 12.6. The fourth-order valence-corrected chi connectivity index (χ4v) is 4.04. The topological polar surface area (TPSA) is 72.9 Å². The van der Waals surface area contributed by atoms with Crippen LogP contribution in [-0.2, 0) is 19.1 Å². The highest BCUT2D eigenvalue weighted by molar-refractivity contribution is 5.87. The van der Waals surface area contributed by atoms with Gasteiger partial charge in [0.1, 0.15) is 18.2 Å². The van der Waals surface area contributed by atoms with Gasteiger partial charge in [-0.25, -0.2) is 9.59 Å². The zero-order valence-corrected chi connectivity index (χ0v) is 17.8. The van der Waals surface area contributed by atoms with Crippen molar-refractivity contribution in [1.82, 2.24) is 4.90 Å². The van der Waals surface area contributed by atoms with Gasteiger partial charge in [-0.2, -0.15) is 0 Å². The molecule has 1 aliphatic heterocycles. The van der Waals surface area contributed by atoms with Crippen molar-refractivity contribution in [3.63, 3.8) is 0 Å². The van der Waals surface area contributed by atoms with Gasteiger partial charge in [0.2, 0.25) is 0 Å². The highest BCUT2D eigenvalue weighted by Crippen LogP contribution is 2.24. The van der Waals surface area contributed by atoms with Crippen LogP contribution in [0.25, 0.3) is 0 Å². The van der Waals surface area contributed by atoms with E-state index in [-0.39, 0.29) is 18.3 Å². The molecule has 0 bridgehead atoms. The molecule has 0 aromatic carbocycles. The van der Waals surface area contributed by atoms with Gasteiger partial charge >= 0.3 is 12.1 Å². The van der Waals surface area contributed by atoms with E-state index in [1.807, 2.05) is 0 Å². The van der Waals surface area contributed by atoms with E-state index in [4.69, 9.17) is 9.47 Å². The normalized spacial score (nSPS) is 22.5. The smallest absolute Gasteiger partial charge is 0.411 e. The lowest BCUT2D eigenvalue weighted by Gasteiger charge is -2.27. The summed E-state index contributed by atoms with van der Waals surface area (Å²) in [6.07, 6.45) is 10.9. The van der Waals surface area contributed by atoms with Crippen LogP contribution in [0.2, 0.25) is 0 Å². The summed E-state index contributed by atoms with van der Waals surface area (Å²) in [4.78, 5) is 38.9. The molecule has 1 saturated heterocycles. The zero-order valence-electron chi connectivity index (χ0n) is 17.8. The Labute approximate surface area is 169 Å². The van der Waals surface area contributed by atoms with Gasteiger partial charge in [-0.05, 0) is 46.5 Å². The minimum Gasteiger partial charge on any atom is -0.456 e. The van der Waals surface area contributed by atoms with Crippen molar-refractivity contribution in [3.8, 4) is 0 Å². The summed E-state index contributed by atoms with van der Waals surface area (Å²) in [6.45, 7) is 5.69. The molecule has 0 N–H and O–H groups in total. The quantitative estimate of drug-likeness (QED) is 0.649. The third kappa shape index (κ3) is 7.44. The number of hydrogen-bond acceptors (Lipinski definition) is 5. The molecule has 0 aromatic rings. The molecule has 6 heteroatoms. The number of nitrogens with zero attached hydrogens (tertiary/aromatic N) is 1. The Morgan fingerprint density at radius 2 is 1.43 bits per heavy atom. The molecule has 1 atom stereocenters. The molecule has 1 amide bonds. The molecular weight excluding hydrogens is 358 g/mol. The Bertz CT molecular complexity index is 530. The van der Waals surface area contributed by atoms with Gasteiger partial charge in [-0.1, -0.05) is 44.9 Å². The average Bonchev–Trinajstić information content (AvgIpc) is 3.12. The highest BCUT2D eigenvalue weighted by Gasteiger charge is 2.38. The van der Waals surface area contributed by atoms with Crippen LogP contribution < -0.4 is 0 Å². The van der Waals surface area contributed by atoms with E-state index in [2.05, 4.69) is 0 Å². The number of esters is 1. The summed E-state index contributed by atoms with van der Waals surface area (Å²) in [5.41, 5.74) is -0.611. The first-order valence-corrected chi connectivity index (χ1v) is 11.0. The molecule has 6 nitrogen and oxygen atoms in total. The largest absolute Gasteiger partial charge is 0.456 e. The lowest BCUT2D eigenvalue weighted by Crippen LogP contribution is -2.44. The molecule has 0 radical (unpaired) electrons. The standard InChI is InChI=1S/C22H37NO5/c1-22(2,3)28-21(26)23-15-11-14-18(23)20(25)27-16-19(24)17-12-9-7-5-4-6-8-10-13-17/h17-18H,4-16H2,1-3H3/t18-/m0/s1. The molecule has 0 aromatic heterocycles. The van der Waals surface area contributed by atoms with E-state index >= 15 is 0 Å². The summed E-state index contributed by atoms with van der Waals surface area (Å²) in [6, 6.07) is -0.647. The third-order valence-corrected chi connectivity index (χ3v) is 5.57. The van der Waals surface area contributed by atoms with Gasteiger partial charge < -0.3 is 9.47 Å². The summed E-state index contributed by atoms with van der Waals surface area (Å²) in [7, 11) is 0. The van der Waals surface area contributed by atoms with Gasteiger partial charge in [-0.15, -0.1) is 0 Å². The van der Waals surface area contributed by atoms with Crippen molar-refractivity contribution in [1.29, 1.82) is 0 Å². The second-order valence-corrected chi connectivity index (χ2v) is 9.15. The van der Waals surface area contributed by atoms with Crippen LogP contribution in [0.4, 0.5) is 4.79 Å². The number of carbonyl (C=O) groups is 3. The maximum atomic E-state index is 12.6. The molecule has 2 rings (SSSR count). The first-order chi connectivity index (χ1) is 13.3. The fourth-order valence-electron chi connectivity index (χ4n) is 4.04. The number of ether oxygens (including phenoxy) is 2. The third-order valence-electron chi connectivity index (χ3n) is 5.57. The molecule has 2 fully saturated rings. The Balaban J connectivity index is 1.83. The van der Waals surface area contributed by atoms with Gasteiger partial charge in [0, 0.05) is 12.5 Å². The van der Waals surface area contributed by atoms with Crippen molar-refractivity contribution in [3.05, 3.63) is 0 Å². The number of likely N-dealkylation sites (tertiary alicyclic amines) is 1. The van der Waals surface area contributed by atoms with Crippen LogP contribution in [0.1, 0.15) is 91.4 Å². The highest BCUT2D eigenvalue weighted by atomic mass is 16.6. The molecule has 0 unspecified atom stereocenters. The summed E-state index contributed by atoms with van der Waals surface area (Å²) < 4.78 is 10.7. The first-order valence-electron chi connectivity index (χ1n) is 11.0. The SMILES string of the molecule is CC(C)(C)OC(=O)N1CCC[C@H]1C(=O)OCC(=O)C1CCCCCCCCC1. The molecule has 160 valence electrons. The Morgan fingerprint density at radius 1 is 0.857 bits per heavy atom. The molecule has 1 heterocycles. The number of carbonyl (C=O) groups excluding carboxylic acids is 3. The number of ketones is 1. The van der Waals surface area contributed by atoms with E-state index in [1.54, 1.807) is 20.8 Å². The van der Waals surface area contributed by atoms with E-state index < -0.39 is 23.7 Å². The Hall–Kier alpha value is -1.59. The second-order valence-electron chi connectivity index (χ2n) is 9.15. The van der Waals surface area contributed by atoms with Gasteiger partial charge in [0.15, 0.2) is 5.78 Å². The summed E-state index contributed by atoms with van der Waals surface area (Å²) in [5.74, 6) is -0.469. The van der Waals surface area contributed by atoms with Crippen LogP contribution in [-0.4, -0.2) is 47.5 Å². The van der Waals surface area contributed by atoms with Crippen molar-refractivity contribution in [2.24, 2.45) is 5.92 Å². The molecule has 2 aliphatic rings. The van der Waals surface area contributed by atoms with E-state index in [0.717, 1.165) is 32.1 Å². The molecular formula is C22H37NO5. The van der Waals surface area contributed by atoms with Gasteiger partial charge in [0.05, 0.1) is 0 Å². The Morgan fingerprint density at radius 3 is 2.00 bits per heavy atom. The van der Waals surface area contributed by atoms with E-state index in [0.29, 0.717) is 13.0 Å². The predicted molar refractivity (Wildman–Crippen MR) is 107 cm³/mol. The van der Waals surface area contributed by atoms with Crippen LogP contribution in [0.15, 0.2) is 0 Å². The van der Waals surface area contributed by atoms with Crippen LogP contribution in [0, 0.1) is 5.92 Å². The molecule has 0 spiro atoms. The van der Waals surface area contributed by atoms with Crippen molar-refractivity contribution < 1.29 is 23.9 Å². The van der Waals surface area contributed by atoms with Crippen LogP contribution in [0.3, 0.4) is 0 Å². The number of Topliss-reactive ketones (excluding diaryl/α,β-unsaturated/α-hetero) is 1. The summed E-state index contributed by atoms with van der Waals surface area (Å²) in [5, 5.41) is 0. The molecule has 1 aliphatic carbocycles. The monoisotopic (exact) mass is 395 g/mol. The fraction of sp³-hybridized carbons (Fsp3) is 0.864. The predicted octanol–water partition coefficient (Wildman–Crippen LogP) is 4.64. The summed E-state index contributed by atoms with van der Waals surface area (Å²) >= 11 is 0. The Kier molecular flexibility index (Phi) is 8.77. The number of hydrogen-bond donors (Lipinski definition) is 0. The lowest BCUT2D eigenvalue weighted by molar-refractivity contribution is -0.153. The van der Waals surface area contributed by atoms with Gasteiger partial charge in [0.25, 0.3) is 0 Å². The van der Waals surface area contributed by atoms with Crippen molar-refractivity contribution in [2.45, 2.75) is 103 Å². The zero-order chi connectivity index (χ0) is 20.6. The minimum absolute atomic E-state index is 0.00330. The van der Waals surface area contributed by atoms with Crippen molar-refractivity contribution in [2.75, 3.05) is 13.2 Å². The number of amides is 1. The van der Waals surface area contributed by atoms with Crippen molar-refractivity contribution >= 4 is 17.8 Å². The minimum atomic E-state index is -0.647. The average molecular weight is 396 g/mol. The van der Waals surface area contributed by atoms with E-state index in [1.165, 1.54) is 37.0 Å². The lowest BCUT2D eigenvalue weighted by atomic mass is 9.89. The molecule has 1 saturated carbocycles. The van der Waals surface area contributed by atoms with Crippen LogP contribution >= 0.6 is 0 Å². The number of rotatable bonds is 4. The molecule has 28 heavy (non-hydrogen) atoms.